The van der Waals surface area contributed by atoms with Crippen LogP contribution in [-0.4, -0.2) is 11.1 Å². The van der Waals surface area contributed by atoms with Crippen molar-refractivity contribution in [2.24, 2.45) is 11.7 Å². The molecule has 0 amide bonds. The van der Waals surface area contributed by atoms with Gasteiger partial charge in [0.15, 0.2) is 0 Å². The lowest BCUT2D eigenvalue weighted by atomic mass is 9.93. The van der Waals surface area contributed by atoms with E-state index < -0.39 is 0 Å². The Bertz CT molecular complexity index is 134. The average molecular weight is 171 g/mol. The van der Waals surface area contributed by atoms with Crippen LogP contribution in [0.25, 0.3) is 0 Å². The summed E-state index contributed by atoms with van der Waals surface area (Å²) in [4.78, 5) is 0. The first-order chi connectivity index (χ1) is 5.61. The van der Waals surface area contributed by atoms with Gasteiger partial charge in [0, 0.05) is 0 Å². The number of rotatable bonds is 6. The normalized spacial score (nSPS) is 15.6. The molecule has 0 rings (SSSR count). The van der Waals surface area contributed by atoms with Gasteiger partial charge in [-0.15, -0.1) is 0 Å². The van der Waals surface area contributed by atoms with Gasteiger partial charge >= 0.3 is 0 Å². The molecular formula is C10H21NO. The monoisotopic (exact) mass is 171 g/mol. The fourth-order valence-electron chi connectivity index (χ4n) is 1.39. The van der Waals surface area contributed by atoms with Gasteiger partial charge in [-0.2, -0.15) is 0 Å². The highest BCUT2D eigenvalue weighted by molar-refractivity contribution is 4.92. The maximum absolute atomic E-state index is 9.01. The quantitative estimate of drug-likeness (QED) is 0.603. The molecule has 2 heteroatoms. The van der Waals surface area contributed by atoms with Crippen LogP contribution in [0.3, 0.4) is 0 Å². The van der Waals surface area contributed by atoms with E-state index in [1.165, 1.54) is 12.8 Å². The highest BCUT2D eigenvalue weighted by atomic mass is 16.3. The molecule has 0 aliphatic rings. The van der Waals surface area contributed by atoms with Gasteiger partial charge in [-0.1, -0.05) is 39.7 Å². The Labute approximate surface area is 75.5 Å². The second-order valence-electron chi connectivity index (χ2n) is 3.40. The van der Waals surface area contributed by atoms with Crippen molar-refractivity contribution in [3.8, 4) is 0 Å². The highest BCUT2D eigenvalue weighted by Gasteiger charge is 2.12. The third-order valence-electron chi connectivity index (χ3n) is 2.29. The van der Waals surface area contributed by atoms with Crippen LogP contribution in [0.5, 0.6) is 0 Å². The third kappa shape index (κ3) is 4.39. The molecule has 0 heterocycles. The van der Waals surface area contributed by atoms with Crippen LogP contribution in [-0.2, 0) is 0 Å². The van der Waals surface area contributed by atoms with Crippen LogP contribution in [0.2, 0.25) is 0 Å². The van der Waals surface area contributed by atoms with E-state index in [1.807, 2.05) is 0 Å². The molecule has 72 valence electrons. The molecular weight excluding hydrogens is 150 g/mol. The van der Waals surface area contributed by atoms with Crippen molar-refractivity contribution in [3.05, 3.63) is 12.3 Å². The van der Waals surface area contributed by atoms with Gasteiger partial charge in [0.05, 0.1) is 6.04 Å². The van der Waals surface area contributed by atoms with E-state index in [-0.39, 0.29) is 11.8 Å². The van der Waals surface area contributed by atoms with Crippen LogP contribution in [0.4, 0.5) is 0 Å². The van der Waals surface area contributed by atoms with Crippen molar-refractivity contribution < 1.29 is 5.11 Å². The molecule has 0 aromatic rings. The van der Waals surface area contributed by atoms with E-state index in [0.717, 1.165) is 12.8 Å². The fraction of sp³-hybridized carbons (Fsp3) is 0.800. The van der Waals surface area contributed by atoms with Gasteiger partial charge in [0.25, 0.3) is 0 Å². The van der Waals surface area contributed by atoms with E-state index in [4.69, 9.17) is 10.8 Å². The third-order valence-corrected chi connectivity index (χ3v) is 2.29. The molecule has 0 aliphatic carbocycles. The number of hydrogen-bond donors (Lipinski definition) is 2. The van der Waals surface area contributed by atoms with Gasteiger partial charge in [-0.3, -0.25) is 0 Å². The van der Waals surface area contributed by atoms with E-state index in [0.29, 0.717) is 5.92 Å². The number of aliphatic hydroxyl groups is 1. The van der Waals surface area contributed by atoms with Gasteiger partial charge in [0.1, 0.15) is 5.76 Å². The maximum Gasteiger partial charge on any atom is 0.102 e. The summed E-state index contributed by atoms with van der Waals surface area (Å²) in [5, 5.41) is 9.01. The molecule has 0 spiro atoms. The molecule has 0 fully saturated rings. The van der Waals surface area contributed by atoms with Crippen molar-refractivity contribution >= 4 is 0 Å². The Morgan fingerprint density at radius 2 is 2.08 bits per heavy atom. The van der Waals surface area contributed by atoms with Crippen molar-refractivity contribution in [1.82, 2.24) is 0 Å². The molecule has 0 aromatic heterocycles. The fourth-order valence-corrected chi connectivity index (χ4v) is 1.39. The molecule has 0 radical (unpaired) electrons. The summed E-state index contributed by atoms with van der Waals surface area (Å²) in [5.74, 6) is 0.749. The maximum atomic E-state index is 9.01. The average Bonchev–Trinajstić information content (AvgIpc) is 2.03. The van der Waals surface area contributed by atoms with Crippen LogP contribution < -0.4 is 5.73 Å². The predicted molar refractivity (Wildman–Crippen MR) is 53.1 cm³/mol. The molecule has 0 saturated carbocycles. The summed E-state index contributed by atoms with van der Waals surface area (Å²) in [6.45, 7) is 7.76. The predicted octanol–water partition coefficient (Wildman–Crippen LogP) is 2.60. The zero-order valence-corrected chi connectivity index (χ0v) is 8.21. The minimum absolute atomic E-state index is 0.115. The van der Waals surface area contributed by atoms with Crippen LogP contribution in [0.15, 0.2) is 12.3 Å². The molecule has 2 unspecified atom stereocenters. The van der Waals surface area contributed by atoms with Gasteiger partial charge in [-0.05, 0) is 12.3 Å². The molecule has 0 saturated heterocycles. The summed E-state index contributed by atoms with van der Waals surface area (Å²) >= 11 is 0. The largest absolute Gasteiger partial charge is 0.511 e. The topological polar surface area (TPSA) is 46.2 Å². The number of aliphatic hydroxyl groups excluding tert-OH is 1. The summed E-state index contributed by atoms with van der Waals surface area (Å²) in [6.07, 6.45) is 4.37. The van der Waals surface area contributed by atoms with E-state index in [1.54, 1.807) is 0 Å². The lowest BCUT2D eigenvalue weighted by molar-refractivity contribution is 0.323. The molecule has 0 bridgehead atoms. The molecule has 2 nitrogen and oxygen atoms in total. The second-order valence-corrected chi connectivity index (χ2v) is 3.40. The first-order valence-corrected chi connectivity index (χ1v) is 4.75. The minimum atomic E-state index is -0.235. The Kier molecular flexibility index (Phi) is 5.81. The van der Waals surface area contributed by atoms with Gasteiger partial charge in [-0.25, -0.2) is 0 Å². The Balaban J connectivity index is 3.76. The van der Waals surface area contributed by atoms with Crippen molar-refractivity contribution in [2.45, 2.75) is 45.6 Å². The Morgan fingerprint density at radius 1 is 1.50 bits per heavy atom. The molecule has 2 atom stereocenters. The standard InChI is InChI=1S/C10H21NO/c1-4-6-9(5-2)7-10(11)8(3)12/h9-10,12H,3-7,11H2,1-2H3. The highest BCUT2D eigenvalue weighted by Crippen LogP contribution is 2.18. The lowest BCUT2D eigenvalue weighted by Gasteiger charge is -2.17. The van der Waals surface area contributed by atoms with Gasteiger partial charge in [0.2, 0.25) is 0 Å². The van der Waals surface area contributed by atoms with Crippen molar-refractivity contribution in [1.29, 1.82) is 0 Å². The second kappa shape index (κ2) is 6.06. The summed E-state index contributed by atoms with van der Waals surface area (Å²) in [7, 11) is 0. The molecule has 12 heavy (non-hydrogen) atoms. The zero-order valence-electron chi connectivity index (χ0n) is 8.21. The number of nitrogens with two attached hydrogens (primary N) is 1. The Morgan fingerprint density at radius 3 is 2.42 bits per heavy atom. The Hall–Kier alpha value is -0.500. The van der Waals surface area contributed by atoms with Crippen molar-refractivity contribution in [3.63, 3.8) is 0 Å². The lowest BCUT2D eigenvalue weighted by Crippen LogP contribution is -2.25. The smallest absolute Gasteiger partial charge is 0.102 e. The minimum Gasteiger partial charge on any atom is -0.511 e. The van der Waals surface area contributed by atoms with Crippen molar-refractivity contribution in [2.75, 3.05) is 0 Å². The van der Waals surface area contributed by atoms with E-state index in [9.17, 15) is 0 Å². The van der Waals surface area contributed by atoms with Crippen LogP contribution in [0, 0.1) is 5.92 Å². The summed E-state index contributed by atoms with van der Waals surface area (Å²) < 4.78 is 0. The van der Waals surface area contributed by atoms with E-state index >= 15 is 0 Å². The van der Waals surface area contributed by atoms with Crippen LogP contribution in [0.1, 0.15) is 39.5 Å². The number of hydrogen-bond acceptors (Lipinski definition) is 2. The SMILES string of the molecule is C=C(O)C(N)CC(CC)CCC. The zero-order chi connectivity index (χ0) is 9.56. The summed E-state index contributed by atoms with van der Waals surface area (Å²) in [6, 6.07) is -0.235. The molecule has 0 aliphatic heterocycles. The van der Waals surface area contributed by atoms with E-state index in [2.05, 4.69) is 20.4 Å². The molecule has 0 aromatic carbocycles. The first kappa shape index (κ1) is 11.5. The summed E-state index contributed by atoms with van der Waals surface area (Å²) in [5.41, 5.74) is 5.67. The van der Waals surface area contributed by atoms with Gasteiger partial charge < -0.3 is 10.8 Å². The molecule has 3 N–H and O–H groups in total. The van der Waals surface area contributed by atoms with Crippen LogP contribution >= 0.6 is 0 Å². The first-order valence-electron chi connectivity index (χ1n) is 4.75.